The second-order valence-corrected chi connectivity index (χ2v) is 10.2. The largest absolute Gasteiger partial charge is 0.395 e. The Morgan fingerprint density at radius 3 is 2.37 bits per heavy atom. The summed E-state index contributed by atoms with van der Waals surface area (Å²) in [5.74, 6) is 5.88. The topological polar surface area (TPSA) is 64.0 Å². The minimum Gasteiger partial charge on any atom is -0.395 e. The van der Waals surface area contributed by atoms with Crippen LogP contribution in [0.1, 0.15) is 65.9 Å². The second-order valence-electron chi connectivity index (χ2n) is 10.2. The van der Waals surface area contributed by atoms with Crippen molar-refractivity contribution < 1.29 is 19.4 Å². The number of nitrogens with zero attached hydrogens (tertiary/aromatic N) is 2. The molecule has 184 valence electrons. The Labute approximate surface area is 206 Å². The minimum atomic E-state index is -0.853. The van der Waals surface area contributed by atoms with Crippen molar-refractivity contribution in [2.45, 2.75) is 62.1 Å². The number of fused-ring (bicyclic) bond motifs is 1. The van der Waals surface area contributed by atoms with E-state index in [1.807, 2.05) is 17.0 Å². The van der Waals surface area contributed by atoms with Crippen LogP contribution in [0.5, 0.6) is 0 Å². The summed E-state index contributed by atoms with van der Waals surface area (Å²) < 4.78 is 13.4. The van der Waals surface area contributed by atoms with E-state index in [1.54, 1.807) is 12.1 Å². The first-order chi connectivity index (χ1) is 17.0. The molecule has 5 rings (SSSR count). The van der Waals surface area contributed by atoms with E-state index in [0.717, 1.165) is 56.2 Å². The summed E-state index contributed by atoms with van der Waals surface area (Å²) in [6.07, 6.45) is 5.38. The Bertz CT molecular complexity index is 1100. The fourth-order valence-corrected chi connectivity index (χ4v) is 5.96. The number of benzene rings is 2. The molecule has 3 fully saturated rings. The number of hydrogen-bond acceptors (Lipinski definition) is 4. The lowest BCUT2D eigenvalue weighted by molar-refractivity contribution is -0.0606. The maximum Gasteiger partial charge on any atom is 0.253 e. The van der Waals surface area contributed by atoms with Gasteiger partial charge in [0.25, 0.3) is 5.91 Å². The first kappa shape index (κ1) is 24.0. The summed E-state index contributed by atoms with van der Waals surface area (Å²) in [5.41, 5.74) is 1.65. The molecule has 0 bridgehead atoms. The highest BCUT2D eigenvalue weighted by Gasteiger charge is 2.49. The van der Waals surface area contributed by atoms with Crippen LogP contribution in [0, 0.1) is 17.7 Å². The van der Waals surface area contributed by atoms with Gasteiger partial charge in [-0.05, 0) is 87.0 Å². The summed E-state index contributed by atoms with van der Waals surface area (Å²) in [4.78, 5) is 17.4. The quantitative estimate of drug-likeness (QED) is 0.666. The van der Waals surface area contributed by atoms with E-state index in [1.165, 1.54) is 12.1 Å². The van der Waals surface area contributed by atoms with Crippen LogP contribution < -0.4 is 0 Å². The third kappa shape index (κ3) is 4.99. The fourth-order valence-electron chi connectivity index (χ4n) is 5.96. The number of carbonyl (C=O) groups is 1. The number of aliphatic hydroxyl groups is 2. The average molecular weight is 477 g/mol. The number of carbonyl (C=O) groups excluding carboxylic acids is 1. The summed E-state index contributed by atoms with van der Waals surface area (Å²) in [5, 5.41) is 20.7. The Hall–Kier alpha value is -2.72. The molecule has 35 heavy (non-hydrogen) atoms. The van der Waals surface area contributed by atoms with E-state index in [0.29, 0.717) is 18.7 Å². The summed E-state index contributed by atoms with van der Waals surface area (Å²) in [6.45, 7) is 2.23. The lowest BCUT2D eigenvalue weighted by Crippen LogP contribution is -2.67. The smallest absolute Gasteiger partial charge is 0.253 e. The Kier molecular flexibility index (Phi) is 6.93. The third-order valence-corrected chi connectivity index (χ3v) is 7.91. The zero-order valence-electron chi connectivity index (χ0n) is 20.0. The van der Waals surface area contributed by atoms with Gasteiger partial charge in [0.1, 0.15) is 11.4 Å². The highest BCUT2D eigenvalue weighted by molar-refractivity contribution is 5.94. The molecule has 0 aromatic heterocycles. The minimum absolute atomic E-state index is 0.0250. The van der Waals surface area contributed by atoms with Crippen molar-refractivity contribution >= 4 is 5.91 Å². The zero-order valence-corrected chi connectivity index (χ0v) is 20.0. The van der Waals surface area contributed by atoms with Gasteiger partial charge in [0.05, 0.1) is 6.61 Å². The molecule has 2 heterocycles. The van der Waals surface area contributed by atoms with Crippen LogP contribution in [0.25, 0.3) is 0 Å². The zero-order chi connectivity index (χ0) is 24.4. The van der Waals surface area contributed by atoms with Gasteiger partial charge in [-0.1, -0.05) is 24.0 Å². The molecule has 3 aliphatic rings. The lowest BCUT2D eigenvalue weighted by Gasteiger charge is -2.57. The van der Waals surface area contributed by atoms with Crippen LogP contribution in [0.3, 0.4) is 0 Å². The molecule has 1 aliphatic carbocycles. The van der Waals surface area contributed by atoms with E-state index in [4.69, 9.17) is 0 Å². The summed E-state index contributed by atoms with van der Waals surface area (Å²) >= 11 is 0. The second kappa shape index (κ2) is 10.1. The molecule has 2 saturated heterocycles. The van der Waals surface area contributed by atoms with E-state index in [2.05, 4.69) is 28.9 Å². The van der Waals surface area contributed by atoms with Gasteiger partial charge in [0.15, 0.2) is 0 Å². The number of hydrogen-bond donors (Lipinski definition) is 2. The molecular weight excluding hydrogens is 443 g/mol. The molecular formula is C29H33FN2O3. The van der Waals surface area contributed by atoms with Crippen molar-refractivity contribution in [2.75, 3.05) is 26.2 Å². The van der Waals surface area contributed by atoms with Gasteiger partial charge in [-0.25, -0.2) is 4.39 Å². The van der Waals surface area contributed by atoms with Crippen LogP contribution in [-0.2, 0) is 0 Å². The van der Waals surface area contributed by atoms with Gasteiger partial charge in [0, 0.05) is 42.2 Å². The maximum atomic E-state index is 13.4. The van der Waals surface area contributed by atoms with Crippen LogP contribution in [0.2, 0.25) is 0 Å². The Morgan fingerprint density at radius 1 is 1.00 bits per heavy atom. The van der Waals surface area contributed by atoms with E-state index >= 15 is 0 Å². The van der Waals surface area contributed by atoms with Gasteiger partial charge >= 0.3 is 0 Å². The van der Waals surface area contributed by atoms with Crippen LogP contribution in [0.4, 0.5) is 4.39 Å². The van der Waals surface area contributed by atoms with Gasteiger partial charge in [-0.3, -0.25) is 9.69 Å². The highest BCUT2D eigenvalue weighted by Crippen LogP contribution is 2.42. The predicted octanol–water partition coefficient (Wildman–Crippen LogP) is 3.55. The van der Waals surface area contributed by atoms with E-state index < -0.39 is 5.60 Å². The molecule has 2 aromatic rings. The van der Waals surface area contributed by atoms with Gasteiger partial charge in [-0.15, -0.1) is 0 Å². The van der Waals surface area contributed by atoms with Crippen LogP contribution in [-0.4, -0.2) is 69.8 Å². The van der Waals surface area contributed by atoms with E-state index in [9.17, 15) is 19.4 Å². The normalized spacial score (nSPS) is 26.0. The van der Waals surface area contributed by atoms with Gasteiger partial charge < -0.3 is 15.1 Å². The van der Waals surface area contributed by atoms with Crippen molar-refractivity contribution in [3.05, 3.63) is 71.0 Å². The SMILES string of the molecule is O=C(c1ccc(F)cc1)N1CCCCN2[C@H](CO)[C@H](c3ccc(C#CC4(O)CCCC4)cc3)[C@@H]2C1. The predicted molar refractivity (Wildman–Crippen MR) is 132 cm³/mol. The summed E-state index contributed by atoms with van der Waals surface area (Å²) in [7, 11) is 0. The van der Waals surface area contributed by atoms with Crippen molar-refractivity contribution in [1.29, 1.82) is 0 Å². The van der Waals surface area contributed by atoms with Crippen LogP contribution in [0.15, 0.2) is 48.5 Å². The standard InChI is InChI=1S/C29H33FN2O3/c30-24-11-9-23(10-12-24)28(34)31-17-3-4-18-32-25(19-31)27(26(32)20-33)22-7-5-21(6-8-22)13-16-29(35)14-1-2-15-29/h5-12,25-27,33,35H,1-4,14-15,17-20H2/t25-,26+,27+/m0/s1. The maximum absolute atomic E-state index is 13.4. The van der Waals surface area contributed by atoms with Crippen molar-refractivity contribution in [3.8, 4) is 11.8 Å². The monoisotopic (exact) mass is 476 g/mol. The Morgan fingerprint density at radius 2 is 1.69 bits per heavy atom. The molecule has 2 aromatic carbocycles. The molecule has 6 heteroatoms. The molecule has 0 radical (unpaired) electrons. The lowest BCUT2D eigenvalue weighted by atomic mass is 9.74. The fraction of sp³-hybridized carbons (Fsp3) is 0.483. The van der Waals surface area contributed by atoms with E-state index in [-0.39, 0.29) is 36.3 Å². The number of amides is 1. The number of rotatable bonds is 3. The van der Waals surface area contributed by atoms with Crippen molar-refractivity contribution in [1.82, 2.24) is 9.80 Å². The van der Waals surface area contributed by atoms with Crippen molar-refractivity contribution in [2.24, 2.45) is 0 Å². The van der Waals surface area contributed by atoms with Gasteiger partial charge in [-0.2, -0.15) is 0 Å². The Balaban J connectivity index is 1.34. The molecule has 2 aliphatic heterocycles. The molecule has 3 atom stereocenters. The summed E-state index contributed by atoms with van der Waals surface area (Å²) in [6, 6.07) is 14.0. The molecule has 0 unspecified atom stereocenters. The molecule has 5 nitrogen and oxygen atoms in total. The van der Waals surface area contributed by atoms with Crippen molar-refractivity contribution in [3.63, 3.8) is 0 Å². The average Bonchev–Trinajstić information content (AvgIpc) is 3.29. The molecule has 0 spiro atoms. The number of halogens is 1. The first-order valence-electron chi connectivity index (χ1n) is 12.7. The third-order valence-electron chi connectivity index (χ3n) is 7.91. The molecule has 1 saturated carbocycles. The van der Waals surface area contributed by atoms with Gasteiger partial charge in [0.2, 0.25) is 0 Å². The highest BCUT2D eigenvalue weighted by atomic mass is 19.1. The first-order valence-corrected chi connectivity index (χ1v) is 12.7. The van der Waals surface area contributed by atoms with Crippen LogP contribution >= 0.6 is 0 Å². The molecule has 1 amide bonds. The molecule has 2 N–H and O–H groups in total. The number of aliphatic hydroxyl groups excluding tert-OH is 1.